The molecule has 2 aliphatic carbocycles. The normalized spacial score (nSPS) is 15.0. The Morgan fingerprint density at radius 1 is 0.265 bits per heavy atom. The van der Waals surface area contributed by atoms with E-state index in [1.807, 2.05) is 55.4 Å². The molecule has 0 amide bonds. The van der Waals surface area contributed by atoms with Crippen molar-refractivity contribution < 1.29 is 71.9 Å². The minimum atomic E-state index is -4.80. The minimum Gasteiger partial charge on any atom is -0.288 e. The Bertz CT molecular complexity index is 4140. The van der Waals surface area contributed by atoms with E-state index in [0.29, 0.717) is 22.3 Å². The highest BCUT2D eigenvalue weighted by molar-refractivity contribution is 7.80. The van der Waals surface area contributed by atoms with Gasteiger partial charge in [0.05, 0.1) is 33.4 Å². The molecule has 0 N–H and O–H groups in total. The summed E-state index contributed by atoms with van der Waals surface area (Å²) in [4.78, 5) is 61.9. The van der Waals surface area contributed by atoms with Gasteiger partial charge in [0.25, 0.3) is 0 Å². The van der Waals surface area contributed by atoms with Gasteiger partial charge in [0, 0.05) is 22.3 Å². The predicted octanol–water partition coefficient (Wildman–Crippen LogP) is 22.8. The monoisotopic (exact) mass is 1410 g/mol. The number of carbonyl (C=O) groups is 4. The molecule has 0 aliphatic heterocycles. The summed E-state index contributed by atoms with van der Waals surface area (Å²) in [7, 11) is -1.96. The van der Waals surface area contributed by atoms with Crippen LogP contribution < -0.4 is 15.9 Å². The zero-order chi connectivity index (χ0) is 72.7. The summed E-state index contributed by atoms with van der Waals surface area (Å²) in [6.45, 7) is 28.1. The summed E-state index contributed by atoms with van der Waals surface area (Å²) < 4.78 is 170. The summed E-state index contributed by atoms with van der Waals surface area (Å²) in [6, 6.07) is 25.9. The summed E-state index contributed by atoms with van der Waals surface area (Å²) in [6.07, 6.45) is -19.2. The van der Waals surface area contributed by atoms with Gasteiger partial charge >= 0.3 is 24.7 Å². The highest BCUT2D eigenvalue weighted by Gasteiger charge is 2.43. The van der Waals surface area contributed by atoms with E-state index in [9.17, 15) is 52.7 Å². The topological polar surface area (TPSA) is 68.3 Å². The fraction of sp³-hybridized carbons (Fsp3) is 0.316. The predicted molar refractivity (Wildman–Crippen MR) is 369 cm³/mol. The third kappa shape index (κ3) is 14.4. The Morgan fingerprint density at radius 2 is 0.459 bits per heavy atom. The molecular formula is C79H71Cl2F12O4P. The van der Waals surface area contributed by atoms with Crippen molar-refractivity contribution in [2.24, 2.45) is 0 Å². The maximum absolute atomic E-state index is 15.8. The summed E-state index contributed by atoms with van der Waals surface area (Å²) in [5.74, 6) is -5.77. The molecule has 4 nitrogen and oxygen atoms in total. The van der Waals surface area contributed by atoms with Crippen molar-refractivity contribution >= 4 is 104 Å². The van der Waals surface area contributed by atoms with Crippen LogP contribution in [0.25, 0.3) is 33.4 Å². The van der Waals surface area contributed by atoms with Crippen molar-refractivity contribution in [3.63, 3.8) is 0 Å². The molecule has 7 aromatic rings. The van der Waals surface area contributed by atoms with Gasteiger partial charge in [-0.25, -0.2) is 0 Å². The van der Waals surface area contributed by atoms with Gasteiger partial charge in [0.15, 0.2) is 11.6 Å². The zero-order valence-electron chi connectivity index (χ0n) is 56.1. The van der Waals surface area contributed by atoms with Crippen molar-refractivity contribution in [1.29, 1.82) is 0 Å². The number of carbonyl (C=O) groups excluding carboxylic acids is 4. The van der Waals surface area contributed by atoms with Gasteiger partial charge in [0.1, 0.15) is 10.1 Å². The van der Waals surface area contributed by atoms with Crippen LogP contribution in [0.5, 0.6) is 0 Å². The number of benzene rings is 7. The average molecular weight is 1410 g/mol. The molecule has 0 unspecified atom stereocenters. The summed E-state index contributed by atoms with van der Waals surface area (Å²) in [5.41, 5.74) is -0.762. The maximum Gasteiger partial charge on any atom is 0.416 e. The van der Waals surface area contributed by atoms with Crippen molar-refractivity contribution in [3.8, 4) is 0 Å². The SMILES string of the molecule is CC(C)c1cc(C(C)C)c(P(c2c(C(C)C)cc(C3=C(c4ccc(C(F)(F)F)cc4)C(=O)C(Cl)=C(c4ccc(C(F)(F)F)cc4)C3=O)cc2C(C)C)c2c(C(C)C)cc(C3=C(c4ccc(C(F)(F)F)cc4)C(=O)C(Cl)=C(c4ccc(C(F)(F)F)cc4)C3=O)cc2C(C)C)c(C(C)C)c1. The highest BCUT2D eigenvalue weighted by atomic mass is 35.5. The van der Waals surface area contributed by atoms with Crippen LogP contribution in [0.1, 0.15) is 233 Å². The maximum atomic E-state index is 15.8. The molecule has 0 heterocycles. The highest BCUT2D eigenvalue weighted by Crippen LogP contribution is 2.52. The number of ketones is 4. The van der Waals surface area contributed by atoms with Crippen molar-refractivity contribution in [1.82, 2.24) is 0 Å². The van der Waals surface area contributed by atoms with E-state index < -0.39 is 123 Å². The lowest BCUT2D eigenvalue weighted by molar-refractivity contribution is -0.138. The quantitative estimate of drug-likeness (QED) is 0.0549. The molecule has 0 atom stereocenters. The van der Waals surface area contributed by atoms with Crippen LogP contribution in [0.15, 0.2) is 144 Å². The number of Topliss-reactive ketones (excluding diaryl/α,β-unsaturated/α-hetero) is 4. The van der Waals surface area contributed by atoms with Crippen molar-refractivity contribution in [2.75, 3.05) is 0 Å². The minimum absolute atomic E-state index is 0.0505. The Kier molecular flexibility index (Phi) is 21.2. The molecule has 0 saturated carbocycles. The van der Waals surface area contributed by atoms with E-state index in [1.54, 1.807) is 24.3 Å². The van der Waals surface area contributed by atoms with Crippen molar-refractivity contribution in [2.45, 2.75) is 163 Å². The van der Waals surface area contributed by atoms with Crippen molar-refractivity contribution in [3.05, 3.63) is 238 Å². The number of halogens is 14. The molecular weight excluding hydrogens is 1340 g/mol. The molecule has 2 aliphatic rings. The van der Waals surface area contributed by atoms with E-state index in [2.05, 4.69) is 53.7 Å². The Balaban J connectivity index is 1.44. The largest absolute Gasteiger partial charge is 0.416 e. The van der Waals surface area contributed by atoms with Crippen LogP contribution in [0.3, 0.4) is 0 Å². The van der Waals surface area contributed by atoms with Crippen LogP contribution in [-0.4, -0.2) is 23.1 Å². The molecule has 19 heteroatoms. The van der Waals surface area contributed by atoms with Crippen LogP contribution in [0.2, 0.25) is 0 Å². The second-order valence-corrected chi connectivity index (χ2v) is 29.7. The van der Waals surface area contributed by atoms with Crippen LogP contribution in [0, 0.1) is 0 Å². The molecule has 9 rings (SSSR count). The third-order valence-electron chi connectivity index (χ3n) is 17.9. The van der Waals surface area contributed by atoms with Gasteiger partial charge in [-0.2, -0.15) is 52.7 Å². The van der Waals surface area contributed by atoms with Gasteiger partial charge < -0.3 is 0 Å². The molecule has 0 bridgehead atoms. The number of hydrogen-bond donors (Lipinski definition) is 0. The standard InChI is InChI=1S/C79H71Cl2F12O4P/c1-37(2)48-31-55(38(3)4)73(56(32-48)39(5)6)98(74-57(40(7)8)33-49(34-58(74)41(9)10)63-61(44-15-23-51(24-16-44)76(82,83)84)71(96)67(80)65(69(63)94)46-19-27-53(28-20-46)78(88,89)90)75-59(42(11)12)35-50(36-60(75)43(13)14)64-62(45-17-25-52(26-18-45)77(85,86)87)72(97)68(81)66(70(64)95)47-21-29-54(30-22-47)79(91,92)93/h15-43H,1-14H3. The smallest absolute Gasteiger partial charge is 0.288 e. The van der Waals surface area contributed by atoms with Gasteiger partial charge in [-0.05, 0) is 186 Å². The van der Waals surface area contributed by atoms with Gasteiger partial charge in [0.2, 0.25) is 11.6 Å². The number of alkyl halides is 12. The lowest BCUT2D eigenvalue weighted by atomic mass is 9.78. The van der Waals surface area contributed by atoms with E-state index in [0.717, 1.165) is 130 Å². The molecule has 0 saturated heterocycles. The van der Waals surface area contributed by atoms with Crippen LogP contribution >= 0.6 is 31.1 Å². The fourth-order valence-electron chi connectivity index (χ4n) is 12.7. The Hall–Kier alpha value is -7.65. The van der Waals surface area contributed by atoms with E-state index in [4.69, 9.17) is 23.2 Å². The second-order valence-electron chi connectivity index (χ2n) is 27.0. The third-order valence-corrected chi connectivity index (χ3v) is 21.5. The molecule has 0 radical (unpaired) electrons. The van der Waals surface area contributed by atoms with Gasteiger partial charge in [-0.1, -0.05) is 205 Å². The number of allylic oxidation sites excluding steroid dienone is 8. The first-order valence-corrected chi connectivity index (χ1v) is 34.1. The van der Waals surface area contributed by atoms with Crippen LogP contribution in [0.4, 0.5) is 52.7 Å². The second kappa shape index (κ2) is 27.8. The molecule has 0 fully saturated rings. The number of rotatable bonds is 16. The summed E-state index contributed by atoms with van der Waals surface area (Å²) in [5, 5.41) is 1.28. The fourth-order valence-corrected chi connectivity index (χ4v) is 17.4. The molecule has 514 valence electrons. The zero-order valence-corrected chi connectivity index (χ0v) is 58.5. The Morgan fingerprint density at radius 3 is 0.653 bits per heavy atom. The Labute approximate surface area is 573 Å². The molecule has 98 heavy (non-hydrogen) atoms. The molecule has 7 aromatic carbocycles. The lowest BCUT2D eigenvalue weighted by Gasteiger charge is -2.37. The van der Waals surface area contributed by atoms with E-state index in [1.165, 1.54) is 0 Å². The summed E-state index contributed by atoms with van der Waals surface area (Å²) >= 11 is 13.8. The van der Waals surface area contributed by atoms with Crippen LogP contribution in [-0.2, 0) is 43.9 Å². The lowest BCUT2D eigenvalue weighted by Crippen LogP contribution is -2.35. The van der Waals surface area contributed by atoms with E-state index in [-0.39, 0.29) is 73.4 Å². The first kappa shape index (κ1) is 74.6. The molecule has 0 aromatic heterocycles. The first-order valence-electron chi connectivity index (χ1n) is 32.0. The molecule has 0 spiro atoms. The first-order chi connectivity index (χ1) is 45.5. The van der Waals surface area contributed by atoms with Gasteiger partial charge in [-0.15, -0.1) is 0 Å². The number of hydrogen-bond acceptors (Lipinski definition) is 4. The average Bonchev–Trinajstić information content (AvgIpc) is 0.726. The van der Waals surface area contributed by atoms with Gasteiger partial charge in [-0.3, -0.25) is 19.2 Å². The van der Waals surface area contributed by atoms with E-state index >= 15 is 19.2 Å².